The van der Waals surface area contributed by atoms with E-state index >= 15 is 0 Å². The van der Waals surface area contributed by atoms with Crippen LogP contribution in [-0.2, 0) is 24.7 Å². The van der Waals surface area contributed by atoms with E-state index in [9.17, 15) is 17.8 Å². The van der Waals surface area contributed by atoms with Gasteiger partial charge in [-0.05, 0) is 52.5 Å². The second-order valence-electron chi connectivity index (χ2n) is 9.81. The molecule has 0 fully saturated rings. The van der Waals surface area contributed by atoms with Gasteiger partial charge in [0.2, 0.25) is 5.91 Å². The van der Waals surface area contributed by atoms with Crippen molar-refractivity contribution in [1.82, 2.24) is 5.32 Å². The zero-order valence-electron chi connectivity index (χ0n) is 22.7. The lowest BCUT2D eigenvalue weighted by molar-refractivity contribution is -0.253. The summed E-state index contributed by atoms with van der Waals surface area (Å²) >= 11 is 1.19. The molecule has 36 heavy (non-hydrogen) atoms. The van der Waals surface area contributed by atoms with Crippen molar-refractivity contribution in [3.05, 3.63) is 30.2 Å². The van der Waals surface area contributed by atoms with Crippen LogP contribution in [0.25, 0.3) is 0 Å². The lowest BCUT2D eigenvalue weighted by Gasteiger charge is -2.27. The molecule has 0 aromatic rings. The summed E-state index contributed by atoms with van der Waals surface area (Å²) in [5.41, 5.74) is -1.14. The first kappa shape index (κ1) is 35.0. The Hall–Kier alpha value is -1.03. The van der Waals surface area contributed by atoms with E-state index in [1.165, 1.54) is 109 Å². The third-order valence-corrected chi connectivity index (χ3v) is 7.20. The van der Waals surface area contributed by atoms with Crippen LogP contribution >= 0.6 is 11.8 Å². The molecule has 7 nitrogen and oxygen atoms in total. The number of hydrogen-bond acceptors (Lipinski definition) is 7. The molecule has 0 saturated carbocycles. The summed E-state index contributed by atoms with van der Waals surface area (Å²) in [7, 11) is -4.43. The summed E-state index contributed by atoms with van der Waals surface area (Å²) in [6.45, 7) is 9.43. The number of hydrogen-bond donors (Lipinski definition) is 1. The lowest BCUT2D eigenvalue weighted by atomic mass is 10.1. The molecular weight excluding hydrogens is 498 g/mol. The third kappa shape index (κ3) is 26.0. The molecule has 0 unspecified atom stereocenters. The molecule has 0 aliphatic rings. The molecule has 0 atom stereocenters. The van der Waals surface area contributed by atoms with E-state index in [0.717, 1.165) is 12.8 Å². The Morgan fingerprint density at radius 1 is 0.944 bits per heavy atom. The molecule has 211 valence electrons. The molecule has 0 heterocycles. The Bertz CT molecular complexity index is 707. The number of carbonyl (C=O) groups excluding carboxylic acids is 1. The van der Waals surface area contributed by atoms with Crippen molar-refractivity contribution < 1.29 is 27.5 Å². The first-order valence-electron chi connectivity index (χ1n) is 13.4. The van der Waals surface area contributed by atoms with Gasteiger partial charge in [-0.15, -0.1) is 0 Å². The van der Waals surface area contributed by atoms with E-state index in [4.69, 9.17) is 9.78 Å². The van der Waals surface area contributed by atoms with Crippen LogP contribution in [0.3, 0.4) is 0 Å². The monoisotopic (exact) mass is 547 g/mol. The van der Waals surface area contributed by atoms with Crippen molar-refractivity contribution in [1.29, 1.82) is 0 Å². The van der Waals surface area contributed by atoms with Crippen LogP contribution in [0.15, 0.2) is 23.8 Å². The van der Waals surface area contributed by atoms with Crippen molar-refractivity contribution in [2.24, 2.45) is 0 Å². The van der Waals surface area contributed by atoms with Gasteiger partial charge in [-0.1, -0.05) is 88.6 Å². The highest BCUT2D eigenvalue weighted by atomic mass is 32.2. The van der Waals surface area contributed by atoms with Crippen molar-refractivity contribution in [2.45, 2.75) is 116 Å². The van der Waals surface area contributed by atoms with E-state index in [-0.39, 0.29) is 5.75 Å². The summed E-state index contributed by atoms with van der Waals surface area (Å²) < 4.78 is 32.6. The number of unbranched alkanes of at least 4 members (excludes halogenated alkanes) is 12. The Kier molecular flexibility index (Phi) is 21.4. The number of allylic oxidation sites excluding steroid dienone is 2. The number of rotatable bonds is 25. The first-order chi connectivity index (χ1) is 17.1. The molecule has 0 spiro atoms. The molecule has 0 aromatic carbocycles. The fourth-order valence-corrected chi connectivity index (χ4v) is 5.09. The molecule has 0 aliphatic heterocycles. The van der Waals surface area contributed by atoms with Crippen LogP contribution in [0.1, 0.15) is 111 Å². The van der Waals surface area contributed by atoms with Gasteiger partial charge in [0, 0.05) is 11.3 Å². The minimum absolute atomic E-state index is 0.280. The number of nitrogens with one attached hydrogen (secondary N) is 1. The van der Waals surface area contributed by atoms with E-state index < -0.39 is 27.3 Å². The highest BCUT2D eigenvalue weighted by Gasteiger charge is 2.23. The molecule has 0 bridgehead atoms. The zero-order chi connectivity index (χ0) is 27.1. The molecule has 0 aromatic heterocycles. The van der Waals surface area contributed by atoms with E-state index in [2.05, 4.69) is 31.0 Å². The maximum atomic E-state index is 11.9. The van der Waals surface area contributed by atoms with Gasteiger partial charge >= 0.3 is 0 Å². The largest absolute Gasteiger partial charge is 0.748 e. The minimum Gasteiger partial charge on any atom is -0.748 e. The predicted octanol–water partition coefficient (Wildman–Crippen LogP) is 6.82. The number of amides is 1. The Balaban J connectivity index is 3.49. The van der Waals surface area contributed by atoms with Gasteiger partial charge in [0.1, 0.15) is 0 Å². The highest BCUT2D eigenvalue weighted by molar-refractivity contribution is 8.02. The van der Waals surface area contributed by atoms with Crippen LogP contribution < -0.4 is 5.32 Å². The maximum absolute atomic E-state index is 11.9. The Morgan fingerprint density at radius 2 is 1.47 bits per heavy atom. The maximum Gasteiger partial charge on any atom is 0.225 e. The standard InChI is InChI=1S/C27H50NO6S2/c1-5-6-7-8-9-10-11-12-13-14-15-16-17-18-19-20-22-33-34-25(2)35-23-21-26(29)28-27(3,4)24-36(30,31)32/h12-13,21H,2,5-11,14-20,22-24H2,1,3-4H3,(H,28,29)(H,30,31,32)/p-1/b13-12+. The van der Waals surface area contributed by atoms with E-state index in [1.54, 1.807) is 0 Å². The smallest absolute Gasteiger partial charge is 0.225 e. The highest BCUT2D eigenvalue weighted by Crippen LogP contribution is 2.17. The second kappa shape index (κ2) is 22.0. The molecule has 1 N–H and O–H groups in total. The molecule has 0 rings (SSSR count). The van der Waals surface area contributed by atoms with E-state index in [0.29, 0.717) is 11.7 Å². The van der Waals surface area contributed by atoms with Gasteiger partial charge in [0.05, 0.1) is 28.9 Å². The molecule has 1 radical (unpaired) electrons. The fourth-order valence-electron chi connectivity index (χ4n) is 3.61. The summed E-state index contributed by atoms with van der Waals surface area (Å²) in [6, 6.07) is 0. The average molecular weight is 548 g/mol. The Labute approximate surface area is 224 Å². The van der Waals surface area contributed by atoms with Crippen LogP contribution in [0, 0.1) is 6.42 Å². The summed E-state index contributed by atoms with van der Waals surface area (Å²) in [5, 5.41) is 2.84. The van der Waals surface area contributed by atoms with Crippen molar-refractivity contribution in [2.75, 3.05) is 18.1 Å². The summed E-state index contributed by atoms with van der Waals surface area (Å²) in [5.74, 6) is -0.857. The zero-order valence-corrected chi connectivity index (χ0v) is 24.4. The van der Waals surface area contributed by atoms with Crippen molar-refractivity contribution in [3.8, 4) is 0 Å². The minimum atomic E-state index is -4.43. The lowest BCUT2D eigenvalue weighted by Crippen LogP contribution is -2.48. The average Bonchev–Trinajstić information content (AvgIpc) is 2.76. The predicted molar refractivity (Wildman–Crippen MR) is 149 cm³/mol. The quantitative estimate of drug-likeness (QED) is 0.0334. The van der Waals surface area contributed by atoms with Crippen molar-refractivity contribution in [3.63, 3.8) is 0 Å². The fraction of sp³-hybridized carbons (Fsp3) is 0.778. The summed E-state index contributed by atoms with van der Waals surface area (Å²) in [4.78, 5) is 22.1. The number of thioether (sulfide) groups is 1. The third-order valence-electron chi connectivity index (χ3n) is 5.40. The van der Waals surface area contributed by atoms with Crippen molar-refractivity contribution >= 4 is 27.8 Å². The van der Waals surface area contributed by atoms with Gasteiger partial charge in [-0.3, -0.25) is 4.79 Å². The molecule has 0 saturated heterocycles. The molecular formula is C27H49NO6S2-. The van der Waals surface area contributed by atoms with Crippen LogP contribution in [-0.4, -0.2) is 42.5 Å². The van der Waals surface area contributed by atoms with Gasteiger partial charge in [-0.25, -0.2) is 8.42 Å². The summed E-state index contributed by atoms with van der Waals surface area (Å²) in [6.07, 6.45) is 23.6. The van der Waals surface area contributed by atoms with Gasteiger partial charge in [0.15, 0.2) is 5.09 Å². The molecule has 9 heteroatoms. The van der Waals surface area contributed by atoms with Crippen LogP contribution in [0.5, 0.6) is 0 Å². The molecule has 1 amide bonds. The van der Waals surface area contributed by atoms with E-state index in [1.807, 2.05) is 0 Å². The normalized spacial score (nSPS) is 12.2. The SMILES string of the molecule is C=C(OOCCCCCCCC/C=C/CCCCCCCC)SC[CH]C(=O)NC(C)(C)CS(=O)(=O)[O-]. The van der Waals surface area contributed by atoms with Gasteiger partial charge < -0.3 is 14.8 Å². The first-order valence-corrected chi connectivity index (χ1v) is 16.0. The van der Waals surface area contributed by atoms with Gasteiger partial charge in [-0.2, -0.15) is 4.89 Å². The number of carbonyl (C=O) groups is 1. The van der Waals surface area contributed by atoms with Gasteiger partial charge in [0.25, 0.3) is 0 Å². The topological polar surface area (TPSA) is 105 Å². The van der Waals surface area contributed by atoms with Crippen LogP contribution in [0.2, 0.25) is 0 Å². The van der Waals surface area contributed by atoms with Crippen LogP contribution in [0.4, 0.5) is 0 Å². The second-order valence-corrected chi connectivity index (χ2v) is 12.3. The Morgan fingerprint density at radius 3 is 2.03 bits per heavy atom. The molecule has 0 aliphatic carbocycles.